The van der Waals surface area contributed by atoms with Crippen molar-refractivity contribution >= 4 is 27.3 Å². The third-order valence-corrected chi connectivity index (χ3v) is 4.77. The zero-order valence-electron chi connectivity index (χ0n) is 10.5. The van der Waals surface area contributed by atoms with E-state index >= 15 is 0 Å². The highest BCUT2D eigenvalue weighted by Crippen LogP contribution is 2.28. The molecule has 0 spiro atoms. The molecule has 2 rings (SSSR count). The van der Waals surface area contributed by atoms with Crippen LogP contribution in [0.4, 0.5) is 0 Å². The standard InChI is InChI=1S/C14H17BrN2S/c1-9-4-3-5-10(2)12(9)7-13(17-16)11-6-14(15)18-8-11/h3-6,8,13,17H,7,16H2,1-2H3. The molecule has 0 fully saturated rings. The van der Waals surface area contributed by atoms with Crippen LogP contribution in [0.15, 0.2) is 33.4 Å². The van der Waals surface area contributed by atoms with Gasteiger partial charge in [0.2, 0.25) is 0 Å². The first-order valence-corrected chi connectivity index (χ1v) is 7.54. The predicted molar refractivity (Wildman–Crippen MR) is 81.7 cm³/mol. The van der Waals surface area contributed by atoms with Crippen LogP contribution in [0.25, 0.3) is 0 Å². The lowest BCUT2D eigenvalue weighted by atomic mass is 9.94. The van der Waals surface area contributed by atoms with Gasteiger partial charge in [0.1, 0.15) is 0 Å². The molecule has 1 aromatic heterocycles. The van der Waals surface area contributed by atoms with Crippen LogP contribution in [0.2, 0.25) is 0 Å². The first-order valence-electron chi connectivity index (χ1n) is 5.87. The Kier molecular flexibility index (Phi) is 4.56. The summed E-state index contributed by atoms with van der Waals surface area (Å²) in [5.41, 5.74) is 8.18. The van der Waals surface area contributed by atoms with E-state index in [1.54, 1.807) is 11.3 Å². The highest BCUT2D eigenvalue weighted by atomic mass is 79.9. The minimum Gasteiger partial charge on any atom is -0.271 e. The molecular weight excluding hydrogens is 308 g/mol. The van der Waals surface area contributed by atoms with Crippen LogP contribution in [0.3, 0.4) is 0 Å². The molecule has 0 aliphatic heterocycles. The third kappa shape index (κ3) is 3.01. The summed E-state index contributed by atoms with van der Waals surface area (Å²) in [7, 11) is 0. The first kappa shape index (κ1) is 13.7. The topological polar surface area (TPSA) is 38.0 Å². The zero-order valence-corrected chi connectivity index (χ0v) is 12.9. The number of thiophene rings is 1. The van der Waals surface area contributed by atoms with E-state index < -0.39 is 0 Å². The van der Waals surface area contributed by atoms with E-state index in [0.717, 1.165) is 10.2 Å². The quantitative estimate of drug-likeness (QED) is 0.661. The van der Waals surface area contributed by atoms with E-state index in [1.165, 1.54) is 22.3 Å². The van der Waals surface area contributed by atoms with Gasteiger partial charge in [-0.2, -0.15) is 0 Å². The number of nitrogens with two attached hydrogens (primary N) is 1. The Morgan fingerprint density at radius 3 is 2.50 bits per heavy atom. The van der Waals surface area contributed by atoms with Crippen molar-refractivity contribution in [1.29, 1.82) is 0 Å². The smallest absolute Gasteiger partial charge is 0.0701 e. The van der Waals surface area contributed by atoms with Crippen molar-refractivity contribution in [3.05, 3.63) is 55.7 Å². The second-order valence-electron chi connectivity index (χ2n) is 4.48. The van der Waals surface area contributed by atoms with Gasteiger partial charge in [-0.3, -0.25) is 11.3 Å². The molecule has 3 N–H and O–H groups in total. The van der Waals surface area contributed by atoms with E-state index in [0.29, 0.717) is 0 Å². The Bertz CT molecular complexity index is 516. The molecule has 1 unspecified atom stereocenters. The molecule has 0 aliphatic rings. The number of aryl methyl sites for hydroxylation is 2. The maximum absolute atomic E-state index is 5.70. The second-order valence-corrected chi connectivity index (χ2v) is 6.77. The molecule has 0 saturated heterocycles. The van der Waals surface area contributed by atoms with Gasteiger partial charge in [-0.25, -0.2) is 0 Å². The summed E-state index contributed by atoms with van der Waals surface area (Å²) >= 11 is 5.18. The van der Waals surface area contributed by atoms with Crippen molar-refractivity contribution in [3.63, 3.8) is 0 Å². The molecule has 0 bridgehead atoms. The number of nitrogens with one attached hydrogen (secondary N) is 1. The summed E-state index contributed by atoms with van der Waals surface area (Å²) in [5.74, 6) is 5.70. The lowest BCUT2D eigenvalue weighted by Gasteiger charge is -2.18. The Hall–Kier alpha value is -0.680. The number of halogens is 1. The Morgan fingerprint density at radius 2 is 2.00 bits per heavy atom. The molecule has 0 radical (unpaired) electrons. The monoisotopic (exact) mass is 324 g/mol. The molecule has 2 aromatic rings. The van der Waals surface area contributed by atoms with Crippen molar-refractivity contribution < 1.29 is 0 Å². The van der Waals surface area contributed by atoms with Crippen LogP contribution in [-0.4, -0.2) is 0 Å². The maximum atomic E-state index is 5.70. The van der Waals surface area contributed by atoms with Gasteiger partial charge in [-0.05, 0) is 69.9 Å². The number of benzene rings is 1. The number of rotatable bonds is 4. The van der Waals surface area contributed by atoms with Gasteiger partial charge in [0.05, 0.1) is 9.83 Å². The molecule has 0 saturated carbocycles. The number of hydrogen-bond acceptors (Lipinski definition) is 3. The minimum absolute atomic E-state index is 0.160. The lowest BCUT2D eigenvalue weighted by molar-refractivity contribution is 0.551. The highest BCUT2D eigenvalue weighted by Gasteiger charge is 2.14. The fourth-order valence-corrected chi connectivity index (χ4v) is 3.38. The molecule has 96 valence electrons. The Morgan fingerprint density at radius 1 is 1.33 bits per heavy atom. The Balaban J connectivity index is 2.26. The summed E-state index contributed by atoms with van der Waals surface area (Å²) in [4.78, 5) is 0. The van der Waals surface area contributed by atoms with Crippen LogP contribution in [0.1, 0.15) is 28.3 Å². The molecular formula is C14H17BrN2S. The number of hydrogen-bond donors (Lipinski definition) is 2. The summed E-state index contributed by atoms with van der Waals surface area (Å²) in [6.45, 7) is 4.30. The van der Waals surface area contributed by atoms with Gasteiger partial charge in [0.25, 0.3) is 0 Å². The number of hydrazine groups is 1. The van der Waals surface area contributed by atoms with Crippen molar-refractivity contribution in [1.82, 2.24) is 5.43 Å². The molecule has 1 atom stereocenters. The van der Waals surface area contributed by atoms with Gasteiger partial charge in [0.15, 0.2) is 0 Å². The van der Waals surface area contributed by atoms with Crippen LogP contribution >= 0.6 is 27.3 Å². The van der Waals surface area contributed by atoms with Gasteiger partial charge < -0.3 is 0 Å². The molecule has 18 heavy (non-hydrogen) atoms. The average molecular weight is 325 g/mol. The first-order chi connectivity index (χ1) is 8.61. The van der Waals surface area contributed by atoms with Crippen LogP contribution < -0.4 is 11.3 Å². The van der Waals surface area contributed by atoms with Crippen molar-refractivity contribution in [3.8, 4) is 0 Å². The predicted octanol–water partition coefficient (Wildman–Crippen LogP) is 3.87. The summed E-state index contributed by atoms with van der Waals surface area (Å²) < 4.78 is 1.14. The van der Waals surface area contributed by atoms with Gasteiger partial charge in [-0.15, -0.1) is 11.3 Å². The molecule has 4 heteroatoms. The van der Waals surface area contributed by atoms with Crippen molar-refractivity contribution in [2.24, 2.45) is 5.84 Å². The molecule has 2 nitrogen and oxygen atoms in total. The molecule has 0 amide bonds. The summed E-state index contributed by atoms with van der Waals surface area (Å²) in [6, 6.07) is 8.69. The fourth-order valence-electron chi connectivity index (χ4n) is 2.15. The van der Waals surface area contributed by atoms with Gasteiger partial charge in [0, 0.05) is 0 Å². The summed E-state index contributed by atoms with van der Waals surface area (Å²) in [6.07, 6.45) is 0.915. The second kappa shape index (κ2) is 5.97. The minimum atomic E-state index is 0.160. The maximum Gasteiger partial charge on any atom is 0.0701 e. The van der Waals surface area contributed by atoms with Gasteiger partial charge in [-0.1, -0.05) is 18.2 Å². The molecule has 1 aromatic carbocycles. The van der Waals surface area contributed by atoms with E-state index in [4.69, 9.17) is 5.84 Å². The zero-order chi connectivity index (χ0) is 13.1. The van der Waals surface area contributed by atoms with Crippen LogP contribution in [0.5, 0.6) is 0 Å². The van der Waals surface area contributed by atoms with E-state index in [-0.39, 0.29) is 6.04 Å². The Labute approximate surface area is 120 Å². The van der Waals surface area contributed by atoms with Crippen LogP contribution in [-0.2, 0) is 6.42 Å². The lowest BCUT2D eigenvalue weighted by Crippen LogP contribution is -2.29. The SMILES string of the molecule is Cc1cccc(C)c1CC(NN)c1csc(Br)c1. The van der Waals surface area contributed by atoms with Crippen molar-refractivity contribution in [2.45, 2.75) is 26.3 Å². The van der Waals surface area contributed by atoms with E-state index in [9.17, 15) is 0 Å². The largest absolute Gasteiger partial charge is 0.271 e. The average Bonchev–Trinajstić information content (AvgIpc) is 2.76. The molecule has 0 aliphatic carbocycles. The third-order valence-electron chi connectivity index (χ3n) is 3.24. The summed E-state index contributed by atoms with van der Waals surface area (Å²) in [5, 5.41) is 2.14. The van der Waals surface area contributed by atoms with Crippen molar-refractivity contribution in [2.75, 3.05) is 0 Å². The molecule has 1 heterocycles. The fraction of sp³-hybridized carbons (Fsp3) is 0.286. The highest BCUT2D eigenvalue weighted by molar-refractivity contribution is 9.11. The normalized spacial score (nSPS) is 12.7. The van der Waals surface area contributed by atoms with E-state index in [2.05, 4.69) is 64.8 Å². The van der Waals surface area contributed by atoms with E-state index in [1.807, 2.05) is 0 Å². The van der Waals surface area contributed by atoms with Crippen LogP contribution in [0, 0.1) is 13.8 Å². The van der Waals surface area contributed by atoms with Gasteiger partial charge >= 0.3 is 0 Å².